The Morgan fingerprint density at radius 2 is 1.00 bits per heavy atom. The highest BCUT2D eigenvalue weighted by molar-refractivity contribution is 6.21. The molecule has 1 aliphatic rings. The molecule has 0 radical (unpaired) electrons. The summed E-state index contributed by atoms with van der Waals surface area (Å²) in [5.41, 5.74) is 9.15. The van der Waals surface area contributed by atoms with Crippen molar-refractivity contribution in [2.45, 2.75) is 19.3 Å². The van der Waals surface area contributed by atoms with Crippen molar-refractivity contribution < 1.29 is 4.42 Å². The Bertz CT molecular complexity index is 3460. The summed E-state index contributed by atoms with van der Waals surface area (Å²) < 4.78 is 6.85. The number of fused-ring (bicyclic) bond motifs is 13. The summed E-state index contributed by atoms with van der Waals surface area (Å²) in [4.78, 5) is 16.1. The van der Waals surface area contributed by atoms with E-state index < -0.39 is 0 Å². The van der Waals surface area contributed by atoms with E-state index in [2.05, 4.69) is 172 Å². The van der Waals surface area contributed by atoms with Crippen molar-refractivity contribution in [3.63, 3.8) is 0 Å². The van der Waals surface area contributed by atoms with Crippen LogP contribution in [0.4, 0.5) is 0 Å². The number of hydrogen-bond donors (Lipinski definition) is 0. The van der Waals surface area contributed by atoms with Gasteiger partial charge in [0.15, 0.2) is 17.5 Å². The highest BCUT2D eigenvalue weighted by Gasteiger charge is 2.39. The molecular formula is C52H33N3O. The van der Waals surface area contributed by atoms with Gasteiger partial charge in [0.25, 0.3) is 0 Å². The van der Waals surface area contributed by atoms with Gasteiger partial charge in [-0.3, -0.25) is 0 Å². The SMILES string of the molecule is CC1(C)c2ccccc2-c2c1cc(-c1nc(-c3ccc4ccc5ccc6ccccc6c5c4c3)nc(-c3cccc4ccccc34)n1)c1c2oc2ccccc21. The molecule has 0 aliphatic heterocycles. The van der Waals surface area contributed by atoms with Gasteiger partial charge in [-0.15, -0.1) is 0 Å². The van der Waals surface area contributed by atoms with Crippen LogP contribution in [0.2, 0.25) is 0 Å². The van der Waals surface area contributed by atoms with Gasteiger partial charge in [0.05, 0.1) is 0 Å². The van der Waals surface area contributed by atoms with Crippen LogP contribution in [0.25, 0.3) is 110 Å². The van der Waals surface area contributed by atoms with Crippen LogP contribution in [-0.2, 0) is 5.41 Å². The molecule has 2 heterocycles. The fraction of sp³-hybridized carbons (Fsp3) is 0.0577. The van der Waals surface area contributed by atoms with E-state index in [0.29, 0.717) is 17.5 Å². The number of para-hydroxylation sites is 1. The van der Waals surface area contributed by atoms with Crippen molar-refractivity contribution in [1.82, 2.24) is 15.0 Å². The normalized spacial score (nSPS) is 13.3. The summed E-state index contributed by atoms with van der Waals surface area (Å²) in [6.07, 6.45) is 0. The molecule has 262 valence electrons. The second-order valence-electron chi connectivity index (χ2n) is 15.5. The van der Waals surface area contributed by atoms with Crippen molar-refractivity contribution in [3.05, 3.63) is 175 Å². The van der Waals surface area contributed by atoms with E-state index in [9.17, 15) is 0 Å². The molecule has 0 saturated heterocycles. The molecule has 1 aliphatic carbocycles. The van der Waals surface area contributed by atoms with Crippen molar-refractivity contribution >= 4 is 65.0 Å². The molecule has 4 heteroatoms. The maximum atomic E-state index is 6.85. The minimum atomic E-state index is -0.260. The van der Waals surface area contributed by atoms with E-state index in [1.165, 1.54) is 49.0 Å². The average molecular weight is 716 g/mol. The lowest BCUT2D eigenvalue weighted by Gasteiger charge is -2.22. The van der Waals surface area contributed by atoms with Gasteiger partial charge in [-0.1, -0.05) is 159 Å². The maximum Gasteiger partial charge on any atom is 0.164 e. The molecule has 9 aromatic carbocycles. The maximum absolute atomic E-state index is 6.85. The first-order chi connectivity index (χ1) is 27.5. The van der Waals surface area contributed by atoms with Gasteiger partial charge in [0.1, 0.15) is 11.2 Å². The lowest BCUT2D eigenvalue weighted by atomic mass is 9.81. The Kier molecular flexibility index (Phi) is 6.37. The van der Waals surface area contributed by atoms with Crippen LogP contribution < -0.4 is 0 Å². The third-order valence-electron chi connectivity index (χ3n) is 12.1. The van der Waals surface area contributed by atoms with Gasteiger partial charge >= 0.3 is 0 Å². The largest absolute Gasteiger partial charge is 0.455 e. The van der Waals surface area contributed by atoms with Gasteiger partial charge < -0.3 is 4.42 Å². The molecule has 0 N–H and O–H groups in total. The summed E-state index contributed by atoms with van der Waals surface area (Å²) in [6, 6.07) is 58.3. The van der Waals surface area contributed by atoms with E-state index in [1.54, 1.807) is 0 Å². The zero-order chi connectivity index (χ0) is 37.1. The first-order valence-electron chi connectivity index (χ1n) is 19.2. The number of furan rings is 1. The zero-order valence-corrected chi connectivity index (χ0v) is 30.8. The van der Waals surface area contributed by atoms with Crippen LogP contribution >= 0.6 is 0 Å². The second-order valence-corrected chi connectivity index (χ2v) is 15.5. The van der Waals surface area contributed by atoms with Gasteiger partial charge in [-0.05, 0) is 78.0 Å². The lowest BCUT2D eigenvalue weighted by Crippen LogP contribution is -2.15. The number of rotatable bonds is 3. The molecular weight excluding hydrogens is 683 g/mol. The van der Waals surface area contributed by atoms with Crippen molar-refractivity contribution in [1.29, 1.82) is 0 Å². The van der Waals surface area contributed by atoms with Gasteiger partial charge in [-0.2, -0.15) is 0 Å². The first-order valence-corrected chi connectivity index (χ1v) is 19.2. The standard InChI is InChI=1S/C52H33N3O/c1-52(2)42-20-9-7-17-38(42)47-43(52)29-41(46-39-18-8-10-21-44(39)56-48(46)47)51-54-49(53-50(55-51)37-19-11-14-30-12-3-5-15-35(30)37)34-27-24-32-23-26-33-25-22-31-13-4-6-16-36(31)45(33)40(32)28-34/h3-29H,1-2H3. The van der Waals surface area contributed by atoms with Crippen LogP contribution in [0, 0.1) is 0 Å². The second kappa shape index (κ2) is 11.4. The Labute approximate surface area is 322 Å². The van der Waals surface area contributed by atoms with E-state index in [0.717, 1.165) is 55.0 Å². The third kappa shape index (κ3) is 4.38. The van der Waals surface area contributed by atoms with Crippen LogP contribution in [0.5, 0.6) is 0 Å². The monoisotopic (exact) mass is 715 g/mol. The smallest absolute Gasteiger partial charge is 0.164 e. The van der Waals surface area contributed by atoms with Gasteiger partial charge in [0, 0.05) is 38.4 Å². The van der Waals surface area contributed by atoms with E-state index >= 15 is 0 Å². The third-order valence-corrected chi connectivity index (χ3v) is 12.1. The molecule has 11 aromatic rings. The Balaban J connectivity index is 1.19. The van der Waals surface area contributed by atoms with Crippen LogP contribution in [-0.4, -0.2) is 15.0 Å². The lowest BCUT2D eigenvalue weighted by molar-refractivity contribution is 0.653. The predicted molar refractivity (Wildman–Crippen MR) is 231 cm³/mol. The summed E-state index contributed by atoms with van der Waals surface area (Å²) in [5, 5.41) is 11.5. The topological polar surface area (TPSA) is 51.8 Å². The molecule has 2 aromatic heterocycles. The predicted octanol–water partition coefficient (Wildman–Crippen LogP) is 13.7. The molecule has 0 bridgehead atoms. The molecule has 0 spiro atoms. The number of hydrogen-bond acceptors (Lipinski definition) is 4. The van der Waals surface area contributed by atoms with Crippen LogP contribution in [0.15, 0.2) is 168 Å². The molecule has 12 rings (SSSR count). The van der Waals surface area contributed by atoms with Crippen molar-refractivity contribution in [2.75, 3.05) is 0 Å². The highest BCUT2D eigenvalue weighted by Crippen LogP contribution is 2.54. The number of nitrogens with zero attached hydrogens (tertiary/aromatic N) is 3. The highest BCUT2D eigenvalue weighted by atomic mass is 16.3. The summed E-state index contributed by atoms with van der Waals surface area (Å²) in [7, 11) is 0. The minimum Gasteiger partial charge on any atom is -0.455 e. The average Bonchev–Trinajstić information content (AvgIpc) is 3.75. The van der Waals surface area contributed by atoms with Crippen LogP contribution in [0.3, 0.4) is 0 Å². The zero-order valence-electron chi connectivity index (χ0n) is 30.8. The van der Waals surface area contributed by atoms with Gasteiger partial charge in [0.2, 0.25) is 0 Å². The van der Waals surface area contributed by atoms with E-state index in [1.807, 2.05) is 6.07 Å². The molecule has 0 amide bonds. The quantitative estimate of drug-likeness (QED) is 0.171. The summed E-state index contributed by atoms with van der Waals surface area (Å²) in [5.74, 6) is 1.88. The molecule has 0 saturated carbocycles. The molecule has 0 atom stereocenters. The van der Waals surface area contributed by atoms with Crippen LogP contribution in [0.1, 0.15) is 25.0 Å². The first kappa shape index (κ1) is 31.2. The van der Waals surface area contributed by atoms with E-state index in [-0.39, 0.29) is 5.41 Å². The Morgan fingerprint density at radius 1 is 0.411 bits per heavy atom. The van der Waals surface area contributed by atoms with Crippen molar-refractivity contribution in [3.8, 4) is 45.3 Å². The van der Waals surface area contributed by atoms with Gasteiger partial charge in [-0.25, -0.2) is 15.0 Å². The van der Waals surface area contributed by atoms with E-state index in [4.69, 9.17) is 19.4 Å². The molecule has 0 fully saturated rings. The number of aromatic nitrogens is 3. The minimum absolute atomic E-state index is 0.260. The number of benzene rings is 9. The summed E-state index contributed by atoms with van der Waals surface area (Å²) in [6.45, 7) is 4.61. The summed E-state index contributed by atoms with van der Waals surface area (Å²) >= 11 is 0. The molecule has 56 heavy (non-hydrogen) atoms. The Hall–Kier alpha value is -7.17. The van der Waals surface area contributed by atoms with Crippen molar-refractivity contribution in [2.24, 2.45) is 0 Å². The molecule has 0 unspecified atom stereocenters. The fourth-order valence-electron chi connectivity index (χ4n) is 9.36. The molecule has 4 nitrogen and oxygen atoms in total. The fourth-order valence-corrected chi connectivity index (χ4v) is 9.36. The Morgan fingerprint density at radius 3 is 1.84 bits per heavy atom.